The highest BCUT2D eigenvalue weighted by Crippen LogP contribution is 2.27. The van der Waals surface area contributed by atoms with Crippen LogP contribution in [-0.2, 0) is 16.0 Å². The molecular weight excluding hydrogens is 282 g/mol. The second-order valence-electron chi connectivity index (χ2n) is 4.12. The Morgan fingerprint density at radius 1 is 1.47 bits per heavy atom. The first kappa shape index (κ1) is 16.0. The summed E-state index contributed by atoms with van der Waals surface area (Å²) in [5.74, 6) is 0.00974. The molecule has 0 saturated heterocycles. The summed E-state index contributed by atoms with van der Waals surface area (Å²) in [6, 6.07) is 0. The average molecular weight is 301 g/mol. The van der Waals surface area contributed by atoms with E-state index >= 15 is 0 Å². The molecule has 0 aliphatic rings. The number of hydrogen-bond acceptors (Lipinski definition) is 5. The van der Waals surface area contributed by atoms with E-state index in [0.717, 1.165) is 34.3 Å². The van der Waals surface area contributed by atoms with Crippen LogP contribution in [0.4, 0.5) is 0 Å². The van der Waals surface area contributed by atoms with Gasteiger partial charge in [0.2, 0.25) is 11.8 Å². The first-order valence-corrected chi connectivity index (χ1v) is 7.97. The first-order valence-electron chi connectivity index (χ1n) is 6.17. The lowest BCUT2D eigenvalue weighted by Crippen LogP contribution is -2.25. The summed E-state index contributed by atoms with van der Waals surface area (Å²) in [7, 11) is 0. The summed E-state index contributed by atoms with van der Waals surface area (Å²) in [5.41, 5.74) is 5.98. The molecule has 19 heavy (non-hydrogen) atoms. The van der Waals surface area contributed by atoms with Gasteiger partial charge in [-0.2, -0.15) is 0 Å². The van der Waals surface area contributed by atoms with Crippen molar-refractivity contribution < 1.29 is 9.59 Å². The van der Waals surface area contributed by atoms with Gasteiger partial charge in [0.15, 0.2) is 4.34 Å². The minimum Gasteiger partial charge on any atom is -0.369 e. The number of thiazole rings is 1. The molecule has 1 rings (SSSR count). The number of aryl methyl sites for hydroxylation is 1. The molecule has 0 radical (unpaired) electrons. The summed E-state index contributed by atoms with van der Waals surface area (Å²) >= 11 is 2.82. The molecule has 1 heterocycles. The third kappa shape index (κ3) is 6.07. The maximum Gasteiger partial charge on any atom is 0.230 e. The van der Waals surface area contributed by atoms with Gasteiger partial charge in [-0.25, -0.2) is 4.98 Å². The van der Waals surface area contributed by atoms with Gasteiger partial charge in [0.25, 0.3) is 0 Å². The fraction of sp³-hybridized carbons (Fsp3) is 0.583. The molecule has 0 unspecified atom stereocenters. The highest BCUT2D eigenvalue weighted by molar-refractivity contribution is 8.01. The number of nitrogens with one attached hydrogen (secondary N) is 1. The topological polar surface area (TPSA) is 85.1 Å². The maximum atomic E-state index is 11.5. The van der Waals surface area contributed by atoms with E-state index in [4.69, 9.17) is 5.73 Å². The average Bonchev–Trinajstić information content (AvgIpc) is 2.67. The number of unbranched alkanes of at least 4 members (excludes halogenated alkanes) is 1. The van der Waals surface area contributed by atoms with Gasteiger partial charge in [-0.1, -0.05) is 25.1 Å². The molecule has 0 atom stereocenters. The normalized spacial score (nSPS) is 10.4. The molecule has 2 amide bonds. The molecule has 0 spiro atoms. The van der Waals surface area contributed by atoms with Crippen LogP contribution in [0.1, 0.15) is 30.3 Å². The molecule has 106 valence electrons. The standard InChI is InChI=1S/C12H19N3O2S2/c1-3-4-5-14-11(17)7-18-12-15-8(2)9(19-12)6-10(13)16/h3-7H2,1-2H3,(H2,13,16)(H,14,17). The Bertz CT molecular complexity index is 446. The molecule has 5 nitrogen and oxygen atoms in total. The number of nitrogens with zero attached hydrogens (tertiary/aromatic N) is 1. The Labute approximate surface area is 121 Å². The number of rotatable bonds is 8. The minimum atomic E-state index is -0.361. The van der Waals surface area contributed by atoms with Gasteiger partial charge in [-0.05, 0) is 13.3 Å². The van der Waals surface area contributed by atoms with E-state index in [1.165, 1.54) is 23.1 Å². The van der Waals surface area contributed by atoms with E-state index in [1.807, 2.05) is 6.92 Å². The van der Waals surface area contributed by atoms with Crippen molar-refractivity contribution in [3.63, 3.8) is 0 Å². The van der Waals surface area contributed by atoms with Gasteiger partial charge in [0.05, 0.1) is 17.9 Å². The fourth-order valence-electron chi connectivity index (χ4n) is 1.37. The van der Waals surface area contributed by atoms with Crippen LogP contribution in [0.2, 0.25) is 0 Å². The summed E-state index contributed by atoms with van der Waals surface area (Å²) in [4.78, 5) is 27.6. The lowest BCUT2D eigenvalue weighted by molar-refractivity contribution is -0.119. The number of carbonyl (C=O) groups is 2. The van der Waals surface area contributed by atoms with Crippen molar-refractivity contribution in [1.29, 1.82) is 0 Å². The highest BCUT2D eigenvalue weighted by atomic mass is 32.2. The highest BCUT2D eigenvalue weighted by Gasteiger charge is 2.11. The third-order valence-corrected chi connectivity index (χ3v) is 4.69. The zero-order valence-corrected chi connectivity index (χ0v) is 12.8. The maximum absolute atomic E-state index is 11.5. The quantitative estimate of drug-likeness (QED) is 0.563. The largest absolute Gasteiger partial charge is 0.369 e. The molecule has 1 aromatic heterocycles. The number of hydrogen-bond donors (Lipinski definition) is 2. The van der Waals surface area contributed by atoms with Crippen molar-refractivity contribution in [1.82, 2.24) is 10.3 Å². The Kier molecular flexibility index (Phi) is 6.86. The van der Waals surface area contributed by atoms with Crippen LogP contribution in [-0.4, -0.2) is 29.1 Å². The molecule has 1 aromatic rings. The molecule has 0 fully saturated rings. The Hall–Kier alpha value is -1.08. The van der Waals surface area contributed by atoms with E-state index in [1.54, 1.807) is 0 Å². The van der Waals surface area contributed by atoms with E-state index in [-0.39, 0.29) is 18.2 Å². The third-order valence-electron chi connectivity index (χ3n) is 2.39. The summed E-state index contributed by atoms with van der Waals surface area (Å²) in [6.45, 7) is 4.65. The van der Waals surface area contributed by atoms with Crippen LogP contribution in [0.15, 0.2) is 4.34 Å². The number of nitrogens with two attached hydrogens (primary N) is 1. The van der Waals surface area contributed by atoms with Crippen molar-refractivity contribution in [2.45, 2.75) is 37.4 Å². The molecule has 0 aromatic carbocycles. The summed E-state index contributed by atoms with van der Waals surface area (Å²) < 4.78 is 0.805. The predicted octanol–water partition coefficient (Wildman–Crippen LogP) is 1.49. The smallest absolute Gasteiger partial charge is 0.230 e. The van der Waals surface area contributed by atoms with Crippen LogP contribution in [0.25, 0.3) is 0 Å². The zero-order valence-electron chi connectivity index (χ0n) is 11.2. The molecule has 0 saturated carbocycles. The van der Waals surface area contributed by atoms with Gasteiger partial charge >= 0.3 is 0 Å². The van der Waals surface area contributed by atoms with Crippen LogP contribution in [0.5, 0.6) is 0 Å². The second-order valence-corrected chi connectivity index (χ2v) is 6.43. The van der Waals surface area contributed by atoms with Gasteiger partial charge in [-0.15, -0.1) is 11.3 Å². The van der Waals surface area contributed by atoms with Gasteiger partial charge in [-0.3, -0.25) is 9.59 Å². The van der Waals surface area contributed by atoms with Gasteiger partial charge < -0.3 is 11.1 Å². The molecule has 0 aliphatic heterocycles. The van der Waals surface area contributed by atoms with Gasteiger partial charge in [0, 0.05) is 11.4 Å². The van der Waals surface area contributed by atoms with Crippen molar-refractivity contribution in [2.75, 3.05) is 12.3 Å². The lowest BCUT2D eigenvalue weighted by Gasteiger charge is -2.02. The van der Waals surface area contributed by atoms with Crippen molar-refractivity contribution in [2.24, 2.45) is 5.73 Å². The Morgan fingerprint density at radius 3 is 2.84 bits per heavy atom. The van der Waals surface area contributed by atoms with Crippen LogP contribution in [0.3, 0.4) is 0 Å². The van der Waals surface area contributed by atoms with E-state index in [9.17, 15) is 9.59 Å². The minimum absolute atomic E-state index is 0.0164. The number of aromatic nitrogens is 1. The van der Waals surface area contributed by atoms with Crippen LogP contribution >= 0.6 is 23.1 Å². The van der Waals surface area contributed by atoms with E-state index < -0.39 is 0 Å². The number of amides is 2. The molecule has 7 heteroatoms. The van der Waals surface area contributed by atoms with E-state index in [2.05, 4.69) is 17.2 Å². The van der Waals surface area contributed by atoms with Crippen molar-refractivity contribution in [3.05, 3.63) is 10.6 Å². The molecule has 0 aliphatic carbocycles. The van der Waals surface area contributed by atoms with Crippen LogP contribution < -0.4 is 11.1 Å². The summed E-state index contributed by atoms with van der Waals surface area (Å²) in [6.07, 6.45) is 2.28. The van der Waals surface area contributed by atoms with E-state index in [0.29, 0.717) is 5.75 Å². The predicted molar refractivity (Wildman–Crippen MR) is 78.4 cm³/mol. The van der Waals surface area contributed by atoms with Crippen molar-refractivity contribution >= 4 is 34.9 Å². The fourth-order valence-corrected chi connectivity index (χ4v) is 3.44. The van der Waals surface area contributed by atoms with Crippen LogP contribution in [0, 0.1) is 6.92 Å². The second kappa shape index (κ2) is 8.16. The number of primary amides is 1. The monoisotopic (exact) mass is 301 g/mol. The Morgan fingerprint density at radius 2 is 2.21 bits per heavy atom. The number of thioether (sulfide) groups is 1. The SMILES string of the molecule is CCCCNC(=O)CSc1nc(C)c(CC(N)=O)s1. The molecular formula is C12H19N3O2S2. The van der Waals surface area contributed by atoms with Gasteiger partial charge in [0.1, 0.15) is 0 Å². The lowest BCUT2D eigenvalue weighted by atomic mass is 10.3. The Balaban J connectivity index is 2.41. The first-order chi connectivity index (χ1) is 9.02. The summed E-state index contributed by atoms with van der Waals surface area (Å²) in [5, 5.41) is 2.85. The van der Waals surface area contributed by atoms with Crippen molar-refractivity contribution in [3.8, 4) is 0 Å². The molecule has 0 bridgehead atoms. The number of carbonyl (C=O) groups excluding carboxylic acids is 2. The zero-order chi connectivity index (χ0) is 14.3. The molecule has 3 N–H and O–H groups in total.